The lowest BCUT2D eigenvalue weighted by Crippen LogP contribution is -2.68. The molecule has 1 heterocycles. The molecule has 2 bridgehead atoms. The lowest BCUT2D eigenvalue weighted by atomic mass is 9.43. The first-order valence-electron chi connectivity index (χ1n) is 8.01. The van der Waals surface area contributed by atoms with E-state index in [1.54, 1.807) is 0 Å². The molecule has 7 nitrogen and oxygen atoms in total. The predicted molar refractivity (Wildman–Crippen MR) is 89.2 cm³/mol. The number of carboxylic acids is 1. The average Bonchev–Trinajstić information content (AvgIpc) is 2.47. The molecule has 24 heavy (non-hydrogen) atoms. The smallest absolute Gasteiger partial charge is 0.325 e. The number of hydrogen-bond donors (Lipinski definition) is 3. The molecule has 4 rings (SSSR count). The molecular weight excluding hydrogens is 334 g/mol. The minimum atomic E-state index is -1.17. The highest BCUT2D eigenvalue weighted by Crippen LogP contribution is 2.62. The third-order valence-electron chi connectivity index (χ3n) is 6.00. The highest BCUT2D eigenvalue weighted by molar-refractivity contribution is 6.32. The van der Waals surface area contributed by atoms with Gasteiger partial charge in [-0.3, -0.25) is 9.59 Å². The number of halogens is 1. The molecule has 0 aliphatic heterocycles. The summed E-state index contributed by atoms with van der Waals surface area (Å²) in [6.07, 6.45) is 3.13. The number of carboxylic acid groups (broad SMARTS) is 1. The van der Waals surface area contributed by atoms with E-state index in [0.29, 0.717) is 11.6 Å². The minimum Gasteiger partial charge on any atom is -0.480 e. The van der Waals surface area contributed by atoms with Crippen LogP contribution in [0.5, 0.6) is 0 Å². The third-order valence-corrected chi connectivity index (χ3v) is 6.37. The average molecular weight is 356 g/mol. The number of anilines is 1. The highest BCUT2D eigenvalue weighted by atomic mass is 35.5. The number of fused-ring (bicyclic) bond motifs is 2. The summed E-state index contributed by atoms with van der Waals surface area (Å²) in [5.74, 6) is -0.474. The summed E-state index contributed by atoms with van der Waals surface area (Å²) in [4.78, 5) is 22.8. The molecule has 0 unspecified atom stereocenters. The van der Waals surface area contributed by atoms with E-state index in [9.17, 15) is 14.7 Å². The molecule has 0 radical (unpaired) electrons. The summed E-state index contributed by atoms with van der Waals surface area (Å²) in [5, 5.41) is 26.6. The Morgan fingerprint density at radius 1 is 1.46 bits per heavy atom. The van der Waals surface area contributed by atoms with E-state index in [2.05, 4.69) is 24.3 Å². The van der Waals surface area contributed by atoms with Gasteiger partial charge < -0.3 is 15.5 Å². The van der Waals surface area contributed by atoms with Crippen LogP contribution in [0.1, 0.15) is 33.6 Å². The fourth-order valence-electron chi connectivity index (χ4n) is 4.37. The zero-order valence-electron chi connectivity index (χ0n) is 13.9. The molecule has 3 fully saturated rings. The van der Waals surface area contributed by atoms with Crippen LogP contribution in [-0.2, 0) is 11.3 Å². The van der Waals surface area contributed by atoms with Crippen LogP contribution in [0.15, 0.2) is 11.0 Å². The van der Waals surface area contributed by atoms with Crippen LogP contribution in [0.2, 0.25) is 5.02 Å². The van der Waals surface area contributed by atoms with Crippen molar-refractivity contribution in [2.24, 2.45) is 17.3 Å². The predicted octanol–water partition coefficient (Wildman–Crippen LogP) is 1.58. The molecule has 8 heteroatoms. The van der Waals surface area contributed by atoms with Crippen LogP contribution >= 0.6 is 11.6 Å². The summed E-state index contributed by atoms with van der Waals surface area (Å²) < 4.78 is 0.801. The zero-order chi connectivity index (χ0) is 17.9. The molecule has 3 aliphatic rings. The molecule has 0 saturated heterocycles. The van der Waals surface area contributed by atoms with Gasteiger partial charge in [-0.1, -0.05) is 25.4 Å². The summed E-state index contributed by atoms with van der Waals surface area (Å²) in [7, 11) is 0. The fourth-order valence-corrected chi connectivity index (χ4v) is 4.57. The molecule has 1 aromatic rings. The van der Waals surface area contributed by atoms with Crippen molar-refractivity contribution < 1.29 is 15.0 Å². The van der Waals surface area contributed by atoms with Crippen LogP contribution in [0.25, 0.3) is 0 Å². The van der Waals surface area contributed by atoms with E-state index in [1.807, 2.05) is 6.92 Å². The van der Waals surface area contributed by atoms with Crippen molar-refractivity contribution >= 4 is 23.3 Å². The topological polar surface area (TPSA) is 104 Å². The molecule has 0 amide bonds. The summed E-state index contributed by atoms with van der Waals surface area (Å²) in [6, 6.07) is -0.233. The first kappa shape index (κ1) is 17.2. The van der Waals surface area contributed by atoms with Crippen molar-refractivity contribution in [2.45, 2.75) is 51.8 Å². The van der Waals surface area contributed by atoms with E-state index < -0.39 is 23.7 Å². The van der Waals surface area contributed by atoms with Gasteiger partial charge in [-0.15, -0.1) is 0 Å². The van der Waals surface area contributed by atoms with Gasteiger partial charge in [0.25, 0.3) is 5.56 Å². The van der Waals surface area contributed by atoms with Gasteiger partial charge in [0.15, 0.2) is 0 Å². The summed E-state index contributed by atoms with van der Waals surface area (Å²) in [6.45, 7) is 5.63. The number of aliphatic hydroxyl groups is 1. The molecule has 0 aromatic carbocycles. The molecule has 3 aliphatic carbocycles. The van der Waals surface area contributed by atoms with E-state index in [0.717, 1.165) is 17.5 Å². The van der Waals surface area contributed by atoms with Crippen molar-refractivity contribution in [2.75, 3.05) is 5.32 Å². The Kier molecular flexibility index (Phi) is 3.92. The van der Waals surface area contributed by atoms with E-state index in [4.69, 9.17) is 16.7 Å². The quantitative estimate of drug-likeness (QED) is 0.757. The first-order chi connectivity index (χ1) is 11.0. The van der Waals surface area contributed by atoms with Gasteiger partial charge >= 0.3 is 5.97 Å². The number of nitrogens with zero attached hydrogens (tertiary/aromatic N) is 2. The van der Waals surface area contributed by atoms with Crippen LogP contribution in [0.4, 0.5) is 5.69 Å². The molecule has 3 N–H and O–H groups in total. The maximum absolute atomic E-state index is 12.1. The van der Waals surface area contributed by atoms with Gasteiger partial charge in [0.1, 0.15) is 11.6 Å². The second-order valence-corrected chi connectivity index (χ2v) is 8.07. The SMILES string of the molecule is CC1(C)[C@H]2C[C@@H](Nc3cnn(CC(=O)O)c(=O)c3Cl)[C@](C)(O)[C@H]1C2. The lowest BCUT2D eigenvalue weighted by Gasteiger charge is -2.65. The second kappa shape index (κ2) is 5.46. The Labute approximate surface area is 144 Å². The van der Waals surface area contributed by atoms with Crippen molar-refractivity contribution in [3.63, 3.8) is 0 Å². The van der Waals surface area contributed by atoms with E-state index in [1.165, 1.54) is 6.20 Å². The molecule has 1 aromatic heterocycles. The van der Waals surface area contributed by atoms with Crippen molar-refractivity contribution in [1.29, 1.82) is 0 Å². The maximum Gasteiger partial charge on any atom is 0.325 e. The number of aliphatic carboxylic acids is 1. The number of carbonyl (C=O) groups is 1. The Morgan fingerprint density at radius 3 is 2.67 bits per heavy atom. The minimum absolute atomic E-state index is 0.106. The van der Waals surface area contributed by atoms with Gasteiger partial charge in [-0.05, 0) is 37.0 Å². The maximum atomic E-state index is 12.1. The van der Waals surface area contributed by atoms with Gasteiger partial charge in [0.05, 0.1) is 23.5 Å². The number of nitrogens with one attached hydrogen (secondary N) is 1. The van der Waals surface area contributed by atoms with Crippen molar-refractivity contribution in [1.82, 2.24) is 9.78 Å². The Hall–Kier alpha value is -1.60. The van der Waals surface area contributed by atoms with Crippen LogP contribution in [0, 0.1) is 17.3 Å². The molecule has 132 valence electrons. The molecule has 4 atom stereocenters. The van der Waals surface area contributed by atoms with Gasteiger partial charge in [0, 0.05) is 0 Å². The standard InChI is InChI=1S/C16H22ClN3O4/c1-15(2)8-4-10(15)16(3,24)11(5-8)19-9-6-18-20(7-12(21)22)14(23)13(9)17/h6,8,10-11,19,24H,4-5,7H2,1-3H3,(H,21,22)/t8-,10+,11-,16-/m1/s1. The van der Waals surface area contributed by atoms with E-state index >= 15 is 0 Å². The molecule has 3 saturated carbocycles. The number of hydrogen-bond acceptors (Lipinski definition) is 5. The lowest BCUT2D eigenvalue weighted by molar-refractivity contribution is -0.199. The number of rotatable bonds is 4. The van der Waals surface area contributed by atoms with Crippen LogP contribution in [-0.4, -0.2) is 37.6 Å². The fraction of sp³-hybridized carbons (Fsp3) is 0.688. The highest BCUT2D eigenvalue weighted by Gasteiger charge is 2.62. The largest absolute Gasteiger partial charge is 0.480 e. The van der Waals surface area contributed by atoms with Gasteiger partial charge in [-0.2, -0.15) is 5.10 Å². The summed E-state index contributed by atoms with van der Waals surface area (Å²) in [5.41, 5.74) is -1.15. The monoisotopic (exact) mass is 355 g/mol. The third kappa shape index (κ3) is 2.50. The number of aromatic nitrogens is 2. The zero-order valence-corrected chi connectivity index (χ0v) is 14.7. The van der Waals surface area contributed by atoms with Crippen LogP contribution < -0.4 is 10.9 Å². The van der Waals surface area contributed by atoms with Gasteiger partial charge in [-0.25, -0.2) is 4.68 Å². The van der Waals surface area contributed by atoms with Gasteiger partial charge in [0.2, 0.25) is 0 Å². The first-order valence-corrected chi connectivity index (χ1v) is 8.39. The Balaban J connectivity index is 1.84. The molecule has 0 spiro atoms. The molecular formula is C16H22ClN3O4. The van der Waals surface area contributed by atoms with E-state index in [-0.39, 0.29) is 22.4 Å². The van der Waals surface area contributed by atoms with Crippen LogP contribution in [0.3, 0.4) is 0 Å². The summed E-state index contributed by atoms with van der Waals surface area (Å²) >= 11 is 6.09. The van der Waals surface area contributed by atoms with Crippen molar-refractivity contribution in [3.8, 4) is 0 Å². The Morgan fingerprint density at radius 2 is 2.12 bits per heavy atom. The van der Waals surface area contributed by atoms with Crippen molar-refractivity contribution in [3.05, 3.63) is 21.6 Å². The second-order valence-electron chi connectivity index (χ2n) is 7.69. The normalized spacial score (nSPS) is 33.6. The Bertz CT molecular complexity index is 743.